The van der Waals surface area contributed by atoms with E-state index in [2.05, 4.69) is 46.4 Å². The smallest absolute Gasteiger partial charge is 0.414 e. The van der Waals surface area contributed by atoms with Crippen LogP contribution in [0.25, 0.3) is 0 Å². The molecule has 186 valence electrons. The van der Waals surface area contributed by atoms with Gasteiger partial charge in [-0.3, -0.25) is 9.80 Å². The topological polar surface area (TPSA) is 109 Å². The largest absolute Gasteiger partial charge is 0.493 e. The molecule has 0 amide bonds. The first-order chi connectivity index (χ1) is 16.3. The molecule has 9 nitrogen and oxygen atoms in total. The Morgan fingerprint density at radius 1 is 0.794 bits per heavy atom. The SMILES string of the molecule is COc1ccc(CN2CCN(Cc3ccc(SC)cc3)CC2)c(OC)c1OC.O=C(O)C(=O)O. The number of carboxylic acid groups (broad SMARTS) is 2. The summed E-state index contributed by atoms with van der Waals surface area (Å²) in [6.45, 7) is 6.09. The first-order valence-corrected chi connectivity index (χ1v) is 11.9. The van der Waals surface area contributed by atoms with E-state index in [1.807, 2.05) is 6.07 Å². The van der Waals surface area contributed by atoms with Gasteiger partial charge >= 0.3 is 11.9 Å². The summed E-state index contributed by atoms with van der Waals surface area (Å²) in [6.07, 6.45) is 2.11. The van der Waals surface area contributed by atoms with Crippen LogP contribution in [-0.2, 0) is 22.7 Å². The van der Waals surface area contributed by atoms with Gasteiger partial charge in [-0.1, -0.05) is 18.2 Å². The van der Waals surface area contributed by atoms with E-state index in [0.717, 1.165) is 50.6 Å². The number of aliphatic carboxylic acids is 2. The van der Waals surface area contributed by atoms with Gasteiger partial charge < -0.3 is 24.4 Å². The monoisotopic (exact) mass is 492 g/mol. The van der Waals surface area contributed by atoms with E-state index in [1.54, 1.807) is 33.1 Å². The quantitative estimate of drug-likeness (QED) is 0.422. The highest BCUT2D eigenvalue weighted by Gasteiger charge is 2.21. The van der Waals surface area contributed by atoms with Gasteiger partial charge in [0.15, 0.2) is 11.5 Å². The van der Waals surface area contributed by atoms with Crippen LogP contribution in [-0.4, -0.2) is 85.7 Å². The highest BCUT2D eigenvalue weighted by Crippen LogP contribution is 2.40. The Hall–Kier alpha value is -2.95. The Labute approximate surface area is 204 Å². The number of methoxy groups -OCH3 is 3. The predicted molar refractivity (Wildman–Crippen MR) is 130 cm³/mol. The molecule has 1 heterocycles. The zero-order chi connectivity index (χ0) is 25.1. The third-order valence-corrected chi connectivity index (χ3v) is 6.14. The zero-order valence-corrected chi connectivity index (χ0v) is 20.8. The molecule has 0 radical (unpaired) electrons. The Morgan fingerprint density at radius 2 is 1.32 bits per heavy atom. The van der Waals surface area contributed by atoms with Crippen LogP contribution in [0.4, 0.5) is 0 Å². The van der Waals surface area contributed by atoms with E-state index >= 15 is 0 Å². The van der Waals surface area contributed by atoms with Crippen LogP contribution in [0.15, 0.2) is 41.3 Å². The molecule has 1 aliphatic heterocycles. The normalized spacial score (nSPS) is 14.0. The predicted octanol–water partition coefficient (Wildman–Crippen LogP) is 2.91. The van der Waals surface area contributed by atoms with E-state index in [4.69, 9.17) is 34.0 Å². The molecule has 1 saturated heterocycles. The first kappa shape index (κ1) is 27.3. The van der Waals surface area contributed by atoms with Crippen molar-refractivity contribution in [2.75, 3.05) is 53.8 Å². The fraction of sp³-hybridized carbons (Fsp3) is 0.417. The molecule has 0 aliphatic carbocycles. The molecule has 0 spiro atoms. The third kappa shape index (κ3) is 7.82. The summed E-state index contributed by atoms with van der Waals surface area (Å²) in [7, 11) is 4.97. The van der Waals surface area contributed by atoms with Crippen molar-refractivity contribution >= 4 is 23.7 Å². The van der Waals surface area contributed by atoms with Gasteiger partial charge in [-0.05, 0) is 30.0 Å². The van der Waals surface area contributed by atoms with Gasteiger partial charge in [-0.2, -0.15) is 0 Å². The average Bonchev–Trinajstić information content (AvgIpc) is 2.85. The Balaban J connectivity index is 0.000000604. The molecule has 34 heavy (non-hydrogen) atoms. The van der Waals surface area contributed by atoms with Crippen LogP contribution in [0.3, 0.4) is 0 Å². The number of hydrogen-bond donors (Lipinski definition) is 2. The highest BCUT2D eigenvalue weighted by molar-refractivity contribution is 7.98. The van der Waals surface area contributed by atoms with Gasteiger partial charge in [0.2, 0.25) is 5.75 Å². The molecule has 10 heteroatoms. The van der Waals surface area contributed by atoms with E-state index in [1.165, 1.54) is 10.5 Å². The lowest BCUT2D eigenvalue weighted by Crippen LogP contribution is -2.45. The lowest BCUT2D eigenvalue weighted by Gasteiger charge is -2.35. The van der Waals surface area contributed by atoms with E-state index in [-0.39, 0.29) is 0 Å². The minimum atomic E-state index is -1.82. The summed E-state index contributed by atoms with van der Waals surface area (Å²) < 4.78 is 16.5. The van der Waals surface area contributed by atoms with Gasteiger partial charge in [0, 0.05) is 49.7 Å². The van der Waals surface area contributed by atoms with Crippen molar-refractivity contribution in [2.45, 2.75) is 18.0 Å². The summed E-state index contributed by atoms with van der Waals surface area (Å²) >= 11 is 1.79. The minimum absolute atomic E-state index is 0.662. The van der Waals surface area contributed by atoms with Gasteiger partial charge in [-0.25, -0.2) is 9.59 Å². The maximum absolute atomic E-state index is 9.10. The van der Waals surface area contributed by atoms with Crippen LogP contribution in [0.1, 0.15) is 11.1 Å². The number of ether oxygens (including phenoxy) is 3. The second-order valence-electron chi connectivity index (χ2n) is 7.50. The van der Waals surface area contributed by atoms with Crippen molar-refractivity contribution in [1.82, 2.24) is 9.80 Å². The molecule has 0 atom stereocenters. The number of nitrogens with zero attached hydrogens (tertiary/aromatic N) is 2. The first-order valence-electron chi connectivity index (χ1n) is 10.6. The molecule has 2 aromatic rings. The van der Waals surface area contributed by atoms with Gasteiger partial charge in [0.25, 0.3) is 0 Å². The second-order valence-corrected chi connectivity index (χ2v) is 8.38. The summed E-state index contributed by atoms with van der Waals surface area (Å²) in [5.74, 6) is -1.53. The number of carboxylic acids is 2. The molecule has 2 N–H and O–H groups in total. The molecule has 2 aromatic carbocycles. The van der Waals surface area contributed by atoms with Crippen molar-refractivity contribution < 1.29 is 34.0 Å². The Kier molecular flexibility index (Phi) is 11.0. The number of benzene rings is 2. The molecule has 0 unspecified atom stereocenters. The molecule has 0 saturated carbocycles. The van der Waals surface area contributed by atoms with E-state index in [0.29, 0.717) is 11.5 Å². The van der Waals surface area contributed by atoms with Crippen molar-refractivity contribution in [3.05, 3.63) is 47.5 Å². The molecule has 0 bridgehead atoms. The molecule has 0 aromatic heterocycles. The average molecular weight is 493 g/mol. The standard InChI is InChI=1S/C22H30N2O3S.C2H2O4/c1-25-20-10-7-18(21(26-2)22(20)27-3)16-24-13-11-23(12-14-24)15-17-5-8-19(28-4)9-6-17;3-1(4)2(5)6/h5-10H,11-16H2,1-4H3;(H,3,4)(H,5,6). The number of piperazine rings is 1. The molecule has 1 aliphatic rings. The fourth-order valence-electron chi connectivity index (χ4n) is 3.62. The molecular weight excluding hydrogens is 460 g/mol. The van der Waals surface area contributed by atoms with Crippen molar-refractivity contribution in [1.29, 1.82) is 0 Å². The van der Waals surface area contributed by atoms with Crippen LogP contribution in [0.2, 0.25) is 0 Å². The number of thioether (sulfide) groups is 1. The van der Waals surface area contributed by atoms with Gasteiger partial charge in [0.05, 0.1) is 21.3 Å². The maximum atomic E-state index is 9.10. The summed E-state index contributed by atoms with van der Waals surface area (Å²) in [5, 5.41) is 14.8. The number of rotatable bonds is 8. The fourth-order valence-corrected chi connectivity index (χ4v) is 4.03. The molecule has 3 rings (SSSR count). The lowest BCUT2D eigenvalue weighted by atomic mass is 10.1. The second kappa shape index (κ2) is 13.7. The zero-order valence-electron chi connectivity index (χ0n) is 19.9. The number of carbonyl (C=O) groups is 2. The highest BCUT2D eigenvalue weighted by atomic mass is 32.2. The van der Waals surface area contributed by atoms with Crippen molar-refractivity contribution in [3.63, 3.8) is 0 Å². The maximum Gasteiger partial charge on any atom is 0.414 e. The lowest BCUT2D eigenvalue weighted by molar-refractivity contribution is -0.159. The van der Waals surface area contributed by atoms with Crippen molar-refractivity contribution in [2.24, 2.45) is 0 Å². The van der Waals surface area contributed by atoms with Gasteiger partial charge in [0.1, 0.15) is 0 Å². The Morgan fingerprint density at radius 3 is 1.76 bits per heavy atom. The van der Waals surface area contributed by atoms with Crippen LogP contribution >= 0.6 is 11.8 Å². The third-order valence-electron chi connectivity index (χ3n) is 5.39. The van der Waals surface area contributed by atoms with Crippen LogP contribution < -0.4 is 14.2 Å². The summed E-state index contributed by atoms with van der Waals surface area (Å²) in [5.41, 5.74) is 2.51. The minimum Gasteiger partial charge on any atom is -0.493 e. The summed E-state index contributed by atoms with van der Waals surface area (Å²) in [6, 6.07) is 12.9. The van der Waals surface area contributed by atoms with E-state index < -0.39 is 11.9 Å². The molecular formula is C24H32N2O7S. The van der Waals surface area contributed by atoms with Crippen LogP contribution in [0.5, 0.6) is 17.2 Å². The number of hydrogen-bond acceptors (Lipinski definition) is 8. The van der Waals surface area contributed by atoms with E-state index in [9.17, 15) is 0 Å². The summed E-state index contributed by atoms with van der Waals surface area (Å²) in [4.78, 5) is 24.5. The molecule has 1 fully saturated rings. The van der Waals surface area contributed by atoms with Gasteiger partial charge in [-0.15, -0.1) is 11.8 Å². The van der Waals surface area contributed by atoms with Crippen LogP contribution in [0, 0.1) is 0 Å². The van der Waals surface area contributed by atoms with Crippen molar-refractivity contribution in [3.8, 4) is 17.2 Å². The Bertz CT molecular complexity index is 933.